The number of carbonyl (C=O) groups is 2. The molecule has 0 bridgehead atoms. The Balaban J connectivity index is 1.34. The van der Waals surface area contributed by atoms with Gasteiger partial charge in [0.15, 0.2) is 0 Å². The lowest BCUT2D eigenvalue weighted by atomic mass is 10.1. The van der Waals surface area contributed by atoms with Crippen LogP contribution in [0.2, 0.25) is 0 Å². The van der Waals surface area contributed by atoms with Gasteiger partial charge in [-0.1, -0.05) is 12.1 Å². The van der Waals surface area contributed by atoms with E-state index in [1.54, 1.807) is 41.7 Å². The Labute approximate surface area is 167 Å². The zero-order valence-corrected chi connectivity index (χ0v) is 15.9. The molecule has 4 rings (SSSR count). The quantitative estimate of drug-likeness (QED) is 0.768. The maximum atomic E-state index is 14.0. The Morgan fingerprint density at radius 3 is 2.86 bits per heavy atom. The van der Waals surface area contributed by atoms with E-state index in [2.05, 4.69) is 9.97 Å². The first-order chi connectivity index (χ1) is 14.1. The van der Waals surface area contributed by atoms with Crippen LogP contribution in [0.1, 0.15) is 12.8 Å². The van der Waals surface area contributed by atoms with Gasteiger partial charge in [-0.25, -0.2) is 14.2 Å². The van der Waals surface area contributed by atoms with Crippen LogP contribution in [0.4, 0.5) is 14.9 Å². The van der Waals surface area contributed by atoms with Gasteiger partial charge in [0.25, 0.3) is 0 Å². The van der Waals surface area contributed by atoms with Gasteiger partial charge in [-0.2, -0.15) is 0 Å². The van der Waals surface area contributed by atoms with Crippen molar-refractivity contribution in [3.05, 3.63) is 48.7 Å². The minimum atomic E-state index is -0.450. The summed E-state index contributed by atoms with van der Waals surface area (Å²) in [5.74, 6) is -0.155. The molecule has 1 aromatic carbocycles. The second-order valence-electron chi connectivity index (χ2n) is 7.07. The van der Waals surface area contributed by atoms with Crippen LogP contribution in [-0.2, 0) is 4.79 Å². The number of benzene rings is 1. The van der Waals surface area contributed by atoms with Crippen LogP contribution in [-0.4, -0.2) is 70.5 Å². The molecule has 8 nitrogen and oxygen atoms in total. The third-order valence-electron chi connectivity index (χ3n) is 5.12. The molecule has 0 N–H and O–H groups in total. The minimum Gasteiger partial charge on any atom is -0.471 e. The highest BCUT2D eigenvalue weighted by molar-refractivity contribution is 5.96. The Kier molecular flexibility index (Phi) is 5.55. The zero-order chi connectivity index (χ0) is 20.2. The molecule has 0 saturated carbocycles. The van der Waals surface area contributed by atoms with Crippen LogP contribution in [0.15, 0.2) is 42.9 Å². The summed E-state index contributed by atoms with van der Waals surface area (Å²) in [4.78, 5) is 38.0. The van der Waals surface area contributed by atoms with E-state index in [9.17, 15) is 14.0 Å². The van der Waals surface area contributed by atoms with Gasteiger partial charge in [0.1, 0.15) is 18.5 Å². The number of hydrogen-bond acceptors (Lipinski definition) is 5. The van der Waals surface area contributed by atoms with E-state index in [-0.39, 0.29) is 30.3 Å². The van der Waals surface area contributed by atoms with Crippen LogP contribution in [0.25, 0.3) is 0 Å². The maximum Gasteiger partial charge on any atom is 0.325 e. The molecule has 2 aromatic rings. The number of halogens is 1. The number of aromatic nitrogens is 2. The molecule has 2 fully saturated rings. The van der Waals surface area contributed by atoms with Crippen molar-refractivity contribution in [1.82, 2.24) is 19.8 Å². The number of likely N-dealkylation sites (tertiary alicyclic amines) is 1. The van der Waals surface area contributed by atoms with E-state index in [1.807, 2.05) is 0 Å². The lowest BCUT2D eigenvalue weighted by Crippen LogP contribution is -2.48. The normalized spacial score (nSPS) is 19.6. The van der Waals surface area contributed by atoms with Crippen molar-refractivity contribution in [2.24, 2.45) is 0 Å². The number of anilines is 1. The highest BCUT2D eigenvalue weighted by Gasteiger charge is 2.34. The number of carbonyl (C=O) groups excluding carboxylic acids is 2. The second-order valence-corrected chi connectivity index (χ2v) is 7.07. The fourth-order valence-electron chi connectivity index (χ4n) is 3.66. The maximum absolute atomic E-state index is 14.0. The van der Waals surface area contributed by atoms with E-state index < -0.39 is 5.82 Å². The van der Waals surface area contributed by atoms with Gasteiger partial charge < -0.3 is 14.5 Å². The average molecular weight is 399 g/mol. The van der Waals surface area contributed by atoms with Gasteiger partial charge in [0, 0.05) is 32.0 Å². The minimum absolute atomic E-state index is 0.0261. The SMILES string of the molecule is O=C(CN1CCN(c2ccccc2F)C1=O)N1CCCC(Oc2cnccn2)C1. The summed E-state index contributed by atoms with van der Waals surface area (Å²) in [6, 6.07) is 5.80. The summed E-state index contributed by atoms with van der Waals surface area (Å²) in [7, 11) is 0. The standard InChI is InChI=1S/C20H22FN5O3/c21-16-5-1-2-6-17(16)26-11-10-25(20(26)28)14-19(27)24-9-3-4-15(13-24)29-18-12-22-7-8-23-18/h1-2,5-8,12,15H,3-4,9-11,13-14H2. The third-order valence-corrected chi connectivity index (χ3v) is 5.12. The average Bonchev–Trinajstić information content (AvgIpc) is 3.09. The summed E-state index contributed by atoms with van der Waals surface area (Å²) in [5, 5.41) is 0. The molecule has 152 valence electrons. The molecule has 0 spiro atoms. The molecule has 9 heteroatoms. The summed E-state index contributed by atoms with van der Waals surface area (Å²) in [5.41, 5.74) is 0.239. The number of urea groups is 1. The highest BCUT2D eigenvalue weighted by atomic mass is 19.1. The van der Waals surface area contributed by atoms with E-state index in [1.165, 1.54) is 15.9 Å². The van der Waals surface area contributed by atoms with Crippen LogP contribution >= 0.6 is 0 Å². The molecule has 3 amide bonds. The summed E-state index contributed by atoms with van der Waals surface area (Å²) < 4.78 is 19.8. The van der Waals surface area contributed by atoms with E-state index >= 15 is 0 Å². The molecule has 2 aliphatic heterocycles. The smallest absolute Gasteiger partial charge is 0.325 e. The van der Waals surface area contributed by atoms with E-state index in [4.69, 9.17) is 4.74 Å². The van der Waals surface area contributed by atoms with E-state index in [0.717, 1.165) is 12.8 Å². The van der Waals surface area contributed by atoms with Crippen molar-refractivity contribution in [2.45, 2.75) is 18.9 Å². The Hall–Kier alpha value is -3.23. The largest absolute Gasteiger partial charge is 0.471 e. The summed E-state index contributed by atoms with van der Waals surface area (Å²) in [6.07, 6.45) is 6.15. The van der Waals surface area contributed by atoms with Crippen molar-refractivity contribution >= 4 is 17.6 Å². The Morgan fingerprint density at radius 2 is 2.07 bits per heavy atom. The van der Waals surface area contributed by atoms with Crippen molar-refractivity contribution in [3.63, 3.8) is 0 Å². The number of ether oxygens (including phenoxy) is 1. The van der Waals surface area contributed by atoms with Gasteiger partial charge in [-0.05, 0) is 25.0 Å². The molecular formula is C20H22FN5O3. The molecule has 3 heterocycles. The van der Waals surface area contributed by atoms with E-state index in [0.29, 0.717) is 32.1 Å². The summed E-state index contributed by atoms with van der Waals surface area (Å²) in [6.45, 7) is 1.77. The monoisotopic (exact) mass is 399 g/mol. The van der Waals surface area contributed by atoms with Crippen molar-refractivity contribution in [2.75, 3.05) is 37.6 Å². The van der Waals surface area contributed by atoms with Gasteiger partial charge in [0.2, 0.25) is 11.8 Å². The number of rotatable bonds is 5. The molecule has 1 atom stereocenters. The first-order valence-corrected chi connectivity index (χ1v) is 9.63. The highest BCUT2D eigenvalue weighted by Crippen LogP contribution is 2.23. The van der Waals surface area contributed by atoms with Gasteiger partial charge >= 0.3 is 6.03 Å². The topological polar surface area (TPSA) is 78.9 Å². The van der Waals surface area contributed by atoms with Crippen molar-refractivity contribution < 1.29 is 18.7 Å². The Bertz CT molecular complexity index is 881. The number of nitrogens with zero attached hydrogens (tertiary/aromatic N) is 5. The molecular weight excluding hydrogens is 377 g/mol. The number of para-hydroxylation sites is 1. The number of amides is 3. The van der Waals surface area contributed by atoms with Gasteiger partial charge in [-0.3, -0.25) is 14.7 Å². The van der Waals surface area contributed by atoms with Crippen LogP contribution < -0.4 is 9.64 Å². The van der Waals surface area contributed by atoms with Crippen LogP contribution in [0.3, 0.4) is 0 Å². The Morgan fingerprint density at radius 1 is 1.21 bits per heavy atom. The number of piperidine rings is 1. The first kappa shape index (κ1) is 19.1. The van der Waals surface area contributed by atoms with Crippen LogP contribution in [0, 0.1) is 5.82 Å². The fourth-order valence-corrected chi connectivity index (χ4v) is 3.66. The molecule has 0 aliphatic carbocycles. The van der Waals surface area contributed by atoms with Gasteiger partial charge in [0.05, 0.1) is 18.4 Å². The molecule has 2 aliphatic rings. The first-order valence-electron chi connectivity index (χ1n) is 9.63. The predicted molar refractivity (Wildman–Crippen MR) is 103 cm³/mol. The van der Waals surface area contributed by atoms with Crippen LogP contribution in [0.5, 0.6) is 5.88 Å². The zero-order valence-electron chi connectivity index (χ0n) is 15.9. The summed E-state index contributed by atoms with van der Waals surface area (Å²) >= 11 is 0. The molecule has 0 radical (unpaired) electrons. The molecule has 1 unspecified atom stereocenters. The third kappa shape index (κ3) is 4.28. The lowest BCUT2D eigenvalue weighted by Gasteiger charge is -2.33. The lowest BCUT2D eigenvalue weighted by molar-refractivity contribution is -0.134. The van der Waals surface area contributed by atoms with Crippen molar-refractivity contribution in [3.8, 4) is 5.88 Å². The fraction of sp³-hybridized carbons (Fsp3) is 0.400. The van der Waals surface area contributed by atoms with Gasteiger partial charge in [-0.15, -0.1) is 0 Å². The second kappa shape index (κ2) is 8.42. The molecule has 2 saturated heterocycles. The number of hydrogen-bond donors (Lipinski definition) is 0. The predicted octanol–water partition coefficient (Wildman–Crippen LogP) is 1.93. The molecule has 29 heavy (non-hydrogen) atoms. The van der Waals surface area contributed by atoms with Crippen molar-refractivity contribution in [1.29, 1.82) is 0 Å². The molecule has 1 aromatic heterocycles.